The summed E-state index contributed by atoms with van der Waals surface area (Å²) < 4.78 is 5.68. The summed E-state index contributed by atoms with van der Waals surface area (Å²) in [5, 5.41) is 0.726. The zero-order valence-corrected chi connectivity index (χ0v) is 16.8. The van der Waals surface area contributed by atoms with Crippen LogP contribution in [0.15, 0.2) is 12.1 Å². The monoisotopic (exact) mass is 380 g/mol. The highest BCUT2D eigenvalue weighted by Crippen LogP contribution is 2.25. The lowest BCUT2D eigenvalue weighted by Gasteiger charge is -2.22. The van der Waals surface area contributed by atoms with Gasteiger partial charge >= 0.3 is 0 Å². The zero-order valence-electron chi connectivity index (χ0n) is 16.0. The van der Waals surface area contributed by atoms with E-state index >= 15 is 0 Å². The van der Waals surface area contributed by atoms with Crippen LogP contribution in [0.2, 0.25) is 5.02 Å². The van der Waals surface area contributed by atoms with Crippen LogP contribution in [0.4, 0.5) is 0 Å². The van der Waals surface area contributed by atoms with E-state index in [-0.39, 0.29) is 18.4 Å². The number of nitrogens with zero attached hydrogens (tertiary/aromatic N) is 2. The molecule has 1 saturated heterocycles. The van der Waals surface area contributed by atoms with Gasteiger partial charge in [0, 0.05) is 37.6 Å². The van der Waals surface area contributed by atoms with Crippen LogP contribution in [-0.4, -0.2) is 54.4 Å². The highest BCUT2D eigenvalue weighted by atomic mass is 35.5. The normalized spacial score (nSPS) is 14.9. The number of carbonyl (C=O) groups excluding carboxylic acids is 2. The first kappa shape index (κ1) is 20.6. The molecule has 1 aliphatic heterocycles. The lowest BCUT2D eigenvalue weighted by molar-refractivity contribution is -0.134. The predicted molar refractivity (Wildman–Crippen MR) is 104 cm³/mol. The van der Waals surface area contributed by atoms with E-state index in [0.717, 1.165) is 42.0 Å². The zero-order chi connectivity index (χ0) is 19.1. The lowest BCUT2D eigenvalue weighted by atomic mass is 10.1. The molecule has 1 aromatic rings. The molecule has 1 heterocycles. The minimum Gasteiger partial charge on any atom is -0.484 e. The molecule has 1 fully saturated rings. The Morgan fingerprint density at radius 2 is 1.62 bits per heavy atom. The number of benzene rings is 1. The molecule has 2 amide bonds. The van der Waals surface area contributed by atoms with Crippen LogP contribution >= 0.6 is 11.6 Å². The van der Waals surface area contributed by atoms with E-state index in [1.807, 2.05) is 30.9 Å². The number of aryl methyl sites for hydroxylation is 2. The summed E-state index contributed by atoms with van der Waals surface area (Å²) in [7, 11) is 0. The average molecular weight is 381 g/mol. The quantitative estimate of drug-likeness (QED) is 0.757. The van der Waals surface area contributed by atoms with Gasteiger partial charge in [-0.2, -0.15) is 0 Å². The smallest absolute Gasteiger partial charge is 0.260 e. The molecule has 144 valence electrons. The van der Waals surface area contributed by atoms with Gasteiger partial charge in [0.25, 0.3) is 5.91 Å². The Bertz CT molecular complexity index is 625. The maximum atomic E-state index is 12.5. The third kappa shape index (κ3) is 5.63. The van der Waals surface area contributed by atoms with Crippen LogP contribution in [0.1, 0.15) is 43.7 Å². The topological polar surface area (TPSA) is 49.9 Å². The molecule has 0 aromatic heterocycles. The van der Waals surface area contributed by atoms with Crippen molar-refractivity contribution in [3.63, 3.8) is 0 Å². The molecule has 0 saturated carbocycles. The molecule has 0 spiro atoms. The summed E-state index contributed by atoms with van der Waals surface area (Å²) in [6, 6.07) is 3.69. The van der Waals surface area contributed by atoms with Gasteiger partial charge in [0.2, 0.25) is 5.91 Å². The standard InChI is InChI=1S/C20H29ClN2O3/c1-4-5-7-18(24)22-8-6-9-23(11-10-22)19(25)14-26-17-12-15(2)20(21)16(3)13-17/h12-13H,4-11,14H2,1-3H3. The lowest BCUT2D eigenvalue weighted by Crippen LogP contribution is -2.39. The number of ether oxygens (including phenoxy) is 1. The van der Waals surface area contributed by atoms with E-state index in [9.17, 15) is 9.59 Å². The van der Waals surface area contributed by atoms with Crippen molar-refractivity contribution in [2.24, 2.45) is 0 Å². The largest absolute Gasteiger partial charge is 0.484 e. The van der Waals surface area contributed by atoms with Gasteiger partial charge in [-0.1, -0.05) is 24.9 Å². The summed E-state index contributed by atoms with van der Waals surface area (Å²) in [6.07, 6.45) is 3.35. The van der Waals surface area contributed by atoms with Crippen LogP contribution in [-0.2, 0) is 9.59 Å². The van der Waals surface area contributed by atoms with Gasteiger partial charge in [-0.3, -0.25) is 9.59 Å². The molecule has 0 radical (unpaired) electrons. The Kier molecular flexibility index (Phi) is 7.76. The Labute approximate surface area is 161 Å². The van der Waals surface area contributed by atoms with Gasteiger partial charge in [-0.05, 0) is 49.9 Å². The van der Waals surface area contributed by atoms with Gasteiger partial charge < -0.3 is 14.5 Å². The Hall–Kier alpha value is -1.75. The van der Waals surface area contributed by atoms with E-state index < -0.39 is 0 Å². The van der Waals surface area contributed by atoms with Crippen molar-refractivity contribution in [2.45, 2.75) is 46.5 Å². The fraction of sp³-hybridized carbons (Fsp3) is 0.600. The molecule has 1 aliphatic rings. The molecular formula is C20H29ClN2O3. The summed E-state index contributed by atoms with van der Waals surface area (Å²) >= 11 is 6.16. The molecule has 0 atom stereocenters. The molecule has 2 rings (SSSR count). The van der Waals surface area contributed by atoms with Gasteiger partial charge in [-0.25, -0.2) is 0 Å². The molecular weight excluding hydrogens is 352 g/mol. The molecule has 26 heavy (non-hydrogen) atoms. The van der Waals surface area contributed by atoms with Crippen LogP contribution in [0.25, 0.3) is 0 Å². The molecule has 1 aromatic carbocycles. The first-order valence-electron chi connectivity index (χ1n) is 9.37. The van der Waals surface area contributed by atoms with Crippen LogP contribution in [0.5, 0.6) is 5.75 Å². The molecule has 0 bridgehead atoms. The third-order valence-corrected chi connectivity index (χ3v) is 5.31. The fourth-order valence-electron chi connectivity index (χ4n) is 3.13. The number of rotatable bonds is 6. The van der Waals surface area contributed by atoms with Crippen molar-refractivity contribution in [3.8, 4) is 5.75 Å². The Balaban J connectivity index is 1.85. The summed E-state index contributed by atoms with van der Waals surface area (Å²) in [5.41, 5.74) is 1.87. The van der Waals surface area contributed by atoms with Crippen molar-refractivity contribution >= 4 is 23.4 Å². The Morgan fingerprint density at radius 1 is 1.04 bits per heavy atom. The van der Waals surface area contributed by atoms with E-state index in [1.54, 1.807) is 4.90 Å². The SMILES string of the molecule is CCCCC(=O)N1CCCN(C(=O)COc2cc(C)c(Cl)c(C)c2)CC1. The molecule has 6 heteroatoms. The summed E-state index contributed by atoms with van der Waals surface area (Å²) in [5.74, 6) is 0.812. The number of unbranched alkanes of at least 4 members (excludes halogenated alkanes) is 1. The molecule has 0 aliphatic carbocycles. The highest BCUT2D eigenvalue weighted by molar-refractivity contribution is 6.32. The first-order valence-corrected chi connectivity index (χ1v) is 9.75. The first-order chi connectivity index (χ1) is 12.4. The molecule has 0 N–H and O–H groups in total. The van der Waals surface area contributed by atoms with E-state index in [2.05, 4.69) is 6.92 Å². The predicted octanol–water partition coefficient (Wildman–Crippen LogP) is 3.59. The number of hydrogen-bond donors (Lipinski definition) is 0. The third-order valence-electron chi connectivity index (χ3n) is 4.72. The van der Waals surface area contributed by atoms with E-state index in [1.165, 1.54) is 0 Å². The number of carbonyl (C=O) groups is 2. The van der Waals surface area contributed by atoms with Crippen molar-refractivity contribution in [1.82, 2.24) is 9.80 Å². The van der Waals surface area contributed by atoms with Crippen molar-refractivity contribution in [1.29, 1.82) is 0 Å². The summed E-state index contributed by atoms with van der Waals surface area (Å²) in [4.78, 5) is 28.3. The van der Waals surface area contributed by atoms with Crippen LogP contribution in [0.3, 0.4) is 0 Å². The summed E-state index contributed by atoms with van der Waals surface area (Å²) in [6.45, 7) is 8.49. The van der Waals surface area contributed by atoms with Gasteiger partial charge in [0.15, 0.2) is 6.61 Å². The number of hydrogen-bond acceptors (Lipinski definition) is 3. The fourth-order valence-corrected chi connectivity index (χ4v) is 3.24. The van der Waals surface area contributed by atoms with Gasteiger partial charge in [0.1, 0.15) is 5.75 Å². The number of halogens is 1. The van der Waals surface area contributed by atoms with Crippen LogP contribution < -0.4 is 4.74 Å². The van der Waals surface area contributed by atoms with E-state index in [4.69, 9.17) is 16.3 Å². The van der Waals surface area contributed by atoms with Crippen molar-refractivity contribution in [2.75, 3.05) is 32.8 Å². The van der Waals surface area contributed by atoms with Gasteiger partial charge in [0.05, 0.1) is 0 Å². The Morgan fingerprint density at radius 3 is 2.19 bits per heavy atom. The number of amides is 2. The maximum Gasteiger partial charge on any atom is 0.260 e. The maximum absolute atomic E-state index is 12.5. The second-order valence-electron chi connectivity index (χ2n) is 6.88. The second-order valence-corrected chi connectivity index (χ2v) is 7.26. The minimum atomic E-state index is -0.0434. The minimum absolute atomic E-state index is 0.00426. The molecule has 5 nitrogen and oxygen atoms in total. The van der Waals surface area contributed by atoms with Gasteiger partial charge in [-0.15, -0.1) is 0 Å². The van der Waals surface area contributed by atoms with Crippen molar-refractivity contribution < 1.29 is 14.3 Å². The average Bonchev–Trinajstić information content (AvgIpc) is 2.88. The van der Waals surface area contributed by atoms with Crippen molar-refractivity contribution in [3.05, 3.63) is 28.3 Å². The second kappa shape index (κ2) is 9.81. The van der Waals surface area contributed by atoms with E-state index in [0.29, 0.717) is 31.8 Å². The highest BCUT2D eigenvalue weighted by Gasteiger charge is 2.22. The molecule has 0 unspecified atom stereocenters. The van der Waals surface area contributed by atoms with Crippen LogP contribution in [0, 0.1) is 13.8 Å².